The molecule has 1 aliphatic carbocycles. The Labute approximate surface area is 163 Å². The van der Waals surface area contributed by atoms with Crippen LogP contribution in [0.2, 0.25) is 0 Å². The van der Waals surface area contributed by atoms with E-state index in [4.69, 9.17) is 4.52 Å². The van der Waals surface area contributed by atoms with Gasteiger partial charge in [-0.2, -0.15) is 5.10 Å². The van der Waals surface area contributed by atoms with Crippen molar-refractivity contribution in [2.45, 2.75) is 57.8 Å². The second kappa shape index (κ2) is 6.72. The molecule has 1 aliphatic heterocycles. The normalized spacial score (nSPS) is 20.1. The van der Waals surface area contributed by atoms with Gasteiger partial charge in [-0.15, -0.1) is 0 Å². The van der Waals surface area contributed by atoms with Crippen molar-refractivity contribution < 1.29 is 9.32 Å². The number of likely N-dealkylation sites (tertiary alicyclic amines) is 1. The summed E-state index contributed by atoms with van der Waals surface area (Å²) in [5, 5.41) is 12.2. The summed E-state index contributed by atoms with van der Waals surface area (Å²) in [6.07, 6.45) is 7.18. The van der Waals surface area contributed by atoms with Crippen LogP contribution in [0.4, 0.5) is 0 Å². The first-order valence-corrected chi connectivity index (χ1v) is 10.2. The van der Waals surface area contributed by atoms with Crippen molar-refractivity contribution in [3.63, 3.8) is 0 Å². The summed E-state index contributed by atoms with van der Waals surface area (Å²) < 4.78 is 5.41. The number of piperidine rings is 1. The van der Waals surface area contributed by atoms with Gasteiger partial charge in [0.25, 0.3) is 11.6 Å². The molecule has 1 saturated carbocycles. The lowest BCUT2D eigenvalue weighted by Gasteiger charge is -2.33. The van der Waals surface area contributed by atoms with Crippen molar-refractivity contribution in [2.24, 2.45) is 0 Å². The van der Waals surface area contributed by atoms with E-state index in [9.17, 15) is 4.79 Å². The van der Waals surface area contributed by atoms with Crippen LogP contribution >= 0.6 is 0 Å². The summed E-state index contributed by atoms with van der Waals surface area (Å²) >= 11 is 0. The zero-order valence-electron chi connectivity index (χ0n) is 16.4. The molecule has 0 bridgehead atoms. The van der Waals surface area contributed by atoms with Crippen LogP contribution in [-0.4, -0.2) is 44.2 Å². The molecule has 7 nitrogen and oxygen atoms in total. The molecule has 2 fully saturated rings. The predicted octanol–water partition coefficient (Wildman–Crippen LogP) is 3.71. The Kier molecular flexibility index (Phi) is 4.18. The Morgan fingerprint density at radius 3 is 2.96 bits per heavy atom. The number of hydrogen-bond donors (Lipinski definition) is 1. The maximum atomic E-state index is 13.5. The molecule has 1 N–H and O–H groups in total. The SMILES string of the molecule is CCc1cn[nH]c1C1CCCN(C(=O)c2cc(C3CC3)nc3onc(C)c23)C1. The highest BCUT2D eigenvalue weighted by Gasteiger charge is 2.32. The fourth-order valence-corrected chi connectivity index (χ4v) is 4.39. The minimum absolute atomic E-state index is 0.0582. The third kappa shape index (κ3) is 2.89. The van der Waals surface area contributed by atoms with E-state index in [0.717, 1.165) is 55.4 Å². The lowest BCUT2D eigenvalue weighted by atomic mass is 9.91. The van der Waals surface area contributed by atoms with Gasteiger partial charge in [0.05, 0.1) is 22.8 Å². The van der Waals surface area contributed by atoms with Crippen LogP contribution in [0.25, 0.3) is 11.1 Å². The van der Waals surface area contributed by atoms with E-state index in [1.165, 1.54) is 11.3 Å². The number of fused-ring (bicyclic) bond motifs is 1. The molecule has 146 valence electrons. The number of hydrogen-bond acceptors (Lipinski definition) is 5. The first kappa shape index (κ1) is 17.4. The summed E-state index contributed by atoms with van der Waals surface area (Å²) in [5.74, 6) is 0.814. The van der Waals surface area contributed by atoms with E-state index >= 15 is 0 Å². The van der Waals surface area contributed by atoms with Crippen molar-refractivity contribution in [3.05, 3.63) is 40.5 Å². The molecule has 1 atom stereocenters. The van der Waals surface area contributed by atoms with Crippen molar-refractivity contribution in [1.82, 2.24) is 25.2 Å². The first-order valence-electron chi connectivity index (χ1n) is 10.2. The number of amides is 1. The molecule has 5 rings (SSSR count). The van der Waals surface area contributed by atoms with Gasteiger partial charge in [-0.3, -0.25) is 9.89 Å². The third-order valence-electron chi connectivity index (χ3n) is 6.11. The second-order valence-electron chi connectivity index (χ2n) is 8.07. The summed E-state index contributed by atoms with van der Waals surface area (Å²) in [4.78, 5) is 20.1. The van der Waals surface area contributed by atoms with Gasteiger partial charge in [-0.05, 0) is 50.7 Å². The summed E-state index contributed by atoms with van der Waals surface area (Å²) in [7, 11) is 0. The van der Waals surface area contributed by atoms with E-state index in [1.54, 1.807) is 0 Å². The molecule has 28 heavy (non-hydrogen) atoms. The fourth-order valence-electron chi connectivity index (χ4n) is 4.39. The first-order chi connectivity index (χ1) is 13.7. The van der Waals surface area contributed by atoms with E-state index in [1.807, 2.05) is 24.1 Å². The Bertz CT molecular complexity index is 1030. The van der Waals surface area contributed by atoms with Gasteiger partial charge in [0.1, 0.15) is 0 Å². The number of aryl methyl sites for hydroxylation is 2. The van der Waals surface area contributed by atoms with Gasteiger partial charge >= 0.3 is 0 Å². The van der Waals surface area contributed by atoms with E-state index in [2.05, 4.69) is 27.3 Å². The average molecular weight is 379 g/mol. The quantitative estimate of drug-likeness (QED) is 0.746. The molecule has 1 amide bonds. The number of pyridine rings is 1. The van der Waals surface area contributed by atoms with Gasteiger partial charge in [0.2, 0.25) is 0 Å². The number of H-pyrrole nitrogens is 1. The molecule has 1 saturated heterocycles. The standard InChI is InChI=1S/C21H25N5O2/c1-3-13-10-22-24-19(13)15-5-4-8-26(11-15)21(27)16-9-17(14-6-7-14)23-20-18(16)12(2)25-28-20/h9-10,14-15H,3-8,11H2,1-2H3,(H,22,24). The van der Waals surface area contributed by atoms with Gasteiger partial charge < -0.3 is 9.42 Å². The summed E-state index contributed by atoms with van der Waals surface area (Å²) in [6, 6.07) is 1.98. The maximum absolute atomic E-state index is 13.5. The number of rotatable bonds is 4. The second-order valence-corrected chi connectivity index (χ2v) is 8.07. The van der Waals surface area contributed by atoms with Crippen LogP contribution in [0, 0.1) is 6.92 Å². The predicted molar refractivity (Wildman–Crippen MR) is 104 cm³/mol. The van der Waals surface area contributed by atoms with Crippen LogP contribution in [-0.2, 0) is 6.42 Å². The van der Waals surface area contributed by atoms with Crippen LogP contribution in [0.3, 0.4) is 0 Å². The molecule has 4 heterocycles. The number of carbonyl (C=O) groups is 1. The van der Waals surface area contributed by atoms with Gasteiger partial charge in [0.15, 0.2) is 0 Å². The van der Waals surface area contributed by atoms with E-state index < -0.39 is 0 Å². The zero-order chi connectivity index (χ0) is 19.3. The Balaban J connectivity index is 1.48. The van der Waals surface area contributed by atoms with Crippen molar-refractivity contribution in [1.29, 1.82) is 0 Å². The highest BCUT2D eigenvalue weighted by Crippen LogP contribution is 2.41. The van der Waals surface area contributed by atoms with Crippen LogP contribution in [0.1, 0.15) is 77.4 Å². The van der Waals surface area contributed by atoms with Gasteiger partial charge in [0, 0.05) is 36.3 Å². The molecule has 3 aromatic heterocycles. The van der Waals surface area contributed by atoms with Crippen LogP contribution in [0.5, 0.6) is 0 Å². The minimum atomic E-state index is 0.0582. The fraction of sp³-hybridized carbons (Fsp3) is 0.524. The molecule has 7 heteroatoms. The highest BCUT2D eigenvalue weighted by atomic mass is 16.5. The third-order valence-corrected chi connectivity index (χ3v) is 6.11. The molecule has 1 unspecified atom stereocenters. The number of aromatic nitrogens is 4. The largest absolute Gasteiger partial charge is 0.338 e. The average Bonchev–Trinajstić information content (AvgIpc) is 3.35. The Morgan fingerprint density at radius 1 is 1.32 bits per heavy atom. The number of aromatic amines is 1. The summed E-state index contributed by atoms with van der Waals surface area (Å²) in [5.41, 5.74) is 5.29. The van der Waals surface area contributed by atoms with Gasteiger partial charge in [-0.25, -0.2) is 4.98 Å². The van der Waals surface area contributed by atoms with Crippen LogP contribution in [0.15, 0.2) is 16.8 Å². The molecular formula is C21H25N5O2. The molecule has 3 aromatic rings. The molecule has 0 aromatic carbocycles. The molecule has 0 spiro atoms. The van der Waals surface area contributed by atoms with Crippen molar-refractivity contribution >= 4 is 17.0 Å². The van der Waals surface area contributed by atoms with E-state index in [0.29, 0.717) is 29.7 Å². The lowest BCUT2D eigenvalue weighted by molar-refractivity contribution is 0.0707. The Morgan fingerprint density at radius 2 is 2.18 bits per heavy atom. The van der Waals surface area contributed by atoms with Gasteiger partial charge in [-0.1, -0.05) is 12.1 Å². The molecule has 2 aliphatic rings. The maximum Gasteiger partial charge on any atom is 0.259 e. The monoisotopic (exact) mass is 379 g/mol. The van der Waals surface area contributed by atoms with E-state index in [-0.39, 0.29) is 5.91 Å². The highest BCUT2D eigenvalue weighted by molar-refractivity contribution is 6.06. The minimum Gasteiger partial charge on any atom is -0.338 e. The molecule has 0 radical (unpaired) electrons. The number of nitrogens with one attached hydrogen (secondary N) is 1. The van der Waals surface area contributed by atoms with Crippen molar-refractivity contribution in [2.75, 3.05) is 13.1 Å². The molecular weight excluding hydrogens is 354 g/mol. The zero-order valence-corrected chi connectivity index (χ0v) is 16.4. The smallest absolute Gasteiger partial charge is 0.259 e. The topological polar surface area (TPSA) is 87.9 Å². The van der Waals surface area contributed by atoms with Crippen LogP contribution < -0.4 is 0 Å². The lowest BCUT2D eigenvalue weighted by Crippen LogP contribution is -2.39. The number of carbonyl (C=O) groups excluding carboxylic acids is 1. The van der Waals surface area contributed by atoms with Crippen molar-refractivity contribution in [3.8, 4) is 0 Å². The summed E-state index contributed by atoms with van der Waals surface area (Å²) in [6.45, 7) is 5.50. The number of nitrogens with zero attached hydrogens (tertiary/aromatic N) is 4. The Hall–Kier alpha value is -2.70.